The van der Waals surface area contributed by atoms with Crippen LogP contribution in [0.3, 0.4) is 0 Å². The maximum absolute atomic E-state index is 12.5. The number of hydrogen-bond acceptors (Lipinski definition) is 5. The SMILES string of the molecule is COCCN(CCOC)C(=O)CN1C(=O)NC2(CCCC2)C1=O. The minimum absolute atomic E-state index is 0.236. The number of carbonyl (C=O) groups is 3. The fraction of sp³-hybridized carbons (Fsp3) is 0.800. The van der Waals surface area contributed by atoms with E-state index < -0.39 is 11.6 Å². The highest BCUT2D eigenvalue weighted by molar-refractivity contribution is 6.09. The summed E-state index contributed by atoms with van der Waals surface area (Å²) in [6.07, 6.45) is 3.14. The van der Waals surface area contributed by atoms with E-state index in [-0.39, 0.29) is 18.4 Å². The first-order valence-corrected chi connectivity index (χ1v) is 7.94. The number of hydrogen-bond donors (Lipinski definition) is 1. The van der Waals surface area contributed by atoms with E-state index in [2.05, 4.69) is 5.32 Å². The molecule has 1 saturated carbocycles. The Kier molecular flexibility index (Phi) is 5.95. The molecule has 1 saturated heterocycles. The molecule has 0 radical (unpaired) electrons. The maximum atomic E-state index is 12.5. The molecule has 0 aromatic rings. The van der Waals surface area contributed by atoms with Crippen LogP contribution in [0.15, 0.2) is 0 Å². The largest absolute Gasteiger partial charge is 0.383 e. The minimum atomic E-state index is -0.777. The zero-order valence-corrected chi connectivity index (χ0v) is 13.8. The standard InChI is InChI=1S/C15H25N3O5/c1-22-9-7-17(8-10-23-2)12(19)11-18-13(20)15(16-14(18)21)5-3-4-6-15/h3-11H2,1-2H3,(H,16,21). The molecule has 8 heteroatoms. The Morgan fingerprint density at radius 2 is 1.74 bits per heavy atom. The minimum Gasteiger partial charge on any atom is -0.383 e. The fourth-order valence-corrected chi connectivity index (χ4v) is 3.14. The molecule has 1 spiro atoms. The zero-order chi connectivity index (χ0) is 16.9. The summed E-state index contributed by atoms with van der Waals surface area (Å²) >= 11 is 0. The van der Waals surface area contributed by atoms with Gasteiger partial charge < -0.3 is 19.7 Å². The monoisotopic (exact) mass is 327 g/mol. The number of amides is 4. The van der Waals surface area contributed by atoms with Crippen LogP contribution in [0.4, 0.5) is 4.79 Å². The third kappa shape index (κ3) is 3.81. The highest BCUT2D eigenvalue weighted by Gasteiger charge is 2.52. The van der Waals surface area contributed by atoms with E-state index in [4.69, 9.17) is 9.47 Å². The second-order valence-electron chi connectivity index (χ2n) is 5.98. The Bertz CT molecular complexity index is 454. The first-order valence-electron chi connectivity index (χ1n) is 7.94. The zero-order valence-electron chi connectivity index (χ0n) is 13.8. The Morgan fingerprint density at radius 1 is 1.17 bits per heavy atom. The van der Waals surface area contributed by atoms with Gasteiger partial charge in [0.2, 0.25) is 5.91 Å². The topological polar surface area (TPSA) is 88.2 Å². The quantitative estimate of drug-likeness (QED) is 0.633. The van der Waals surface area contributed by atoms with Gasteiger partial charge in [-0.15, -0.1) is 0 Å². The summed E-state index contributed by atoms with van der Waals surface area (Å²) in [4.78, 5) is 39.7. The average molecular weight is 327 g/mol. The molecule has 8 nitrogen and oxygen atoms in total. The molecule has 1 N–H and O–H groups in total. The lowest BCUT2D eigenvalue weighted by Gasteiger charge is -2.24. The van der Waals surface area contributed by atoms with Gasteiger partial charge >= 0.3 is 6.03 Å². The van der Waals surface area contributed by atoms with E-state index in [9.17, 15) is 14.4 Å². The molecule has 2 aliphatic rings. The highest BCUT2D eigenvalue weighted by Crippen LogP contribution is 2.34. The van der Waals surface area contributed by atoms with Crippen LogP contribution in [0, 0.1) is 0 Å². The van der Waals surface area contributed by atoms with E-state index >= 15 is 0 Å². The smallest absolute Gasteiger partial charge is 0.325 e. The first kappa shape index (κ1) is 17.7. The Balaban J connectivity index is 1.99. The van der Waals surface area contributed by atoms with Crippen molar-refractivity contribution in [3.05, 3.63) is 0 Å². The third-order valence-corrected chi connectivity index (χ3v) is 4.48. The van der Waals surface area contributed by atoms with Crippen LogP contribution < -0.4 is 5.32 Å². The van der Waals surface area contributed by atoms with Gasteiger partial charge in [0.15, 0.2) is 0 Å². The lowest BCUT2D eigenvalue weighted by Crippen LogP contribution is -2.47. The predicted octanol–water partition coefficient (Wildman–Crippen LogP) is -0.0276. The third-order valence-electron chi connectivity index (χ3n) is 4.48. The van der Waals surface area contributed by atoms with Gasteiger partial charge in [0.25, 0.3) is 5.91 Å². The van der Waals surface area contributed by atoms with Gasteiger partial charge in [0.05, 0.1) is 13.2 Å². The van der Waals surface area contributed by atoms with Crippen molar-refractivity contribution in [2.24, 2.45) is 0 Å². The number of nitrogens with one attached hydrogen (secondary N) is 1. The lowest BCUT2D eigenvalue weighted by atomic mass is 9.98. The second-order valence-corrected chi connectivity index (χ2v) is 5.98. The Hall–Kier alpha value is -1.67. The van der Waals surface area contributed by atoms with Crippen molar-refractivity contribution in [1.82, 2.24) is 15.1 Å². The molecule has 1 heterocycles. The lowest BCUT2D eigenvalue weighted by molar-refractivity contribution is -0.139. The highest BCUT2D eigenvalue weighted by atomic mass is 16.5. The van der Waals surface area contributed by atoms with Gasteiger partial charge in [-0.2, -0.15) is 0 Å². The fourth-order valence-electron chi connectivity index (χ4n) is 3.14. The molecule has 0 bridgehead atoms. The number of urea groups is 1. The van der Waals surface area contributed by atoms with Crippen LogP contribution in [-0.2, 0) is 19.1 Å². The molecule has 0 atom stereocenters. The summed E-state index contributed by atoms with van der Waals surface area (Å²) in [6.45, 7) is 1.33. The summed E-state index contributed by atoms with van der Waals surface area (Å²) in [5, 5.41) is 2.78. The molecular weight excluding hydrogens is 302 g/mol. The normalized spacial score (nSPS) is 19.5. The van der Waals surface area contributed by atoms with Crippen LogP contribution in [-0.4, -0.2) is 80.3 Å². The second kappa shape index (κ2) is 7.74. The summed E-state index contributed by atoms with van der Waals surface area (Å²) in [5.74, 6) is -0.551. The molecule has 1 aliphatic heterocycles. The number of imide groups is 1. The predicted molar refractivity (Wildman–Crippen MR) is 81.8 cm³/mol. The van der Waals surface area contributed by atoms with Gasteiger partial charge in [0.1, 0.15) is 12.1 Å². The molecule has 130 valence electrons. The van der Waals surface area contributed by atoms with Crippen molar-refractivity contribution >= 4 is 17.8 Å². The first-order chi connectivity index (χ1) is 11.0. The van der Waals surface area contributed by atoms with E-state index in [0.717, 1.165) is 17.7 Å². The van der Waals surface area contributed by atoms with E-state index in [1.165, 1.54) is 0 Å². The molecule has 0 aromatic heterocycles. The van der Waals surface area contributed by atoms with Crippen LogP contribution >= 0.6 is 0 Å². The van der Waals surface area contributed by atoms with Crippen molar-refractivity contribution in [3.63, 3.8) is 0 Å². The number of rotatable bonds is 8. The van der Waals surface area contributed by atoms with Crippen molar-refractivity contribution in [2.75, 3.05) is 47.1 Å². The van der Waals surface area contributed by atoms with Gasteiger partial charge in [-0.05, 0) is 12.8 Å². The van der Waals surface area contributed by atoms with Gasteiger partial charge in [0, 0.05) is 27.3 Å². The van der Waals surface area contributed by atoms with Gasteiger partial charge in [-0.25, -0.2) is 4.79 Å². The molecule has 0 aromatic carbocycles. The molecule has 23 heavy (non-hydrogen) atoms. The van der Waals surface area contributed by atoms with E-state index in [1.807, 2.05) is 0 Å². The number of carbonyl (C=O) groups excluding carboxylic acids is 3. The Labute approximate surface area is 136 Å². The van der Waals surface area contributed by atoms with E-state index in [0.29, 0.717) is 39.1 Å². The summed E-state index contributed by atoms with van der Waals surface area (Å²) in [7, 11) is 3.11. The van der Waals surface area contributed by atoms with Gasteiger partial charge in [-0.3, -0.25) is 14.5 Å². The van der Waals surface area contributed by atoms with Crippen LogP contribution in [0.2, 0.25) is 0 Å². The van der Waals surface area contributed by atoms with Crippen molar-refractivity contribution in [3.8, 4) is 0 Å². The summed E-state index contributed by atoms with van der Waals surface area (Å²) in [5.41, 5.74) is -0.777. The Morgan fingerprint density at radius 3 is 2.26 bits per heavy atom. The van der Waals surface area contributed by atoms with Crippen molar-refractivity contribution in [2.45, 2.75) is 31.2 Å². The average Bonchev–Trinajstić information content (AvgIpc) is 3.09. The van der Waals surface area contributed by atoms with Crippen LogP contribution in [0.25, 0.3) is 0 Å². The molecule has 1 aliphatic carbocycles. The number of ether oxygens (including phenoxy) is 2. The number of methoxy groups -OCH3 is 2. The number of nitrogens with zero attached hydrogens (tertiary/aromatic N) is 2. The maximum Gasteiger partial charge on any atom is 0.325 e. The van der Waals surface area contributed by atoms with Gasteiger partial charge in [-0.1, -0.05) is 12.8 Å². The molecule has 4 amide bonds. The molecule has 2 fully saturated rings. The molecule has 0 unspecified atom stereocenters. The molecule has 2 rings (SSSR count). The van der Waals surface area contributed by atoms with Crippen molar-refractivity contribution in [1.29, 1.82) is 0 Å². The van der Waals surface area contributed by atoms with Crippen LogP contribution in [0.1, 0.15) is 25.7 Å². The van der Waals surface area contributed by atoms with Crippen molar-refractivity contribution < 1.29 is 23.9 Å². The summed E-state index contributed by atoms with van der Waals surface area (Å²) < 4.78 is 9.99. The van der Waals surface area contributed by atoms with E-state index in [1.54, 1.807) is 19.1 Å². The molecular formula is C15H25N3O5. The summed E-state index contributed by atoms with van der Waals surface area (Å²) in [6, 6.07) is -0.469. The van der Waals surface area contributed by atoms with Crippen LogP contribution in [0.5, 0.6) is 0 Å².